The molecular weight excluding hydrogens is 207 g/mol. The van der Waals surface area contributed by atoms with E-state index in [0.29, 0.717) is 11.3 Å². The predicted octanol–water partition coefficient (Wildman–Crippen LogP) is 2.40. The maximum Gasteiger partial charge on any atom is 0.174 e. The lowest BCUT2D eigenvalue weighted by Gasteiger charge is -2.14. The van der Waals surface area contributed by atoms with E-state index in [2.05, 4.69) is 5.32 Å². The Labute approximate surface area is 94.8 Å². The van der Waals surface area contributed by atoms with E-state index >= 15 is 0 Å². The third-order valence-corrected chi connectivity index (χ3v) is 2.25. The summed E-state index contributed by atoms with van der Waals surface area (Å²) in [5.74, 6) is 0.0652. The molecule has 0 aromatic heterocycles. The van der Waals surface area contributed by atoms with E-state index in [0.717, 1.165) is 6.54 Å². The van der Waals surface area contributed by atoms with Gasteiger partial charge in [0.2, 0.25) is 0 Å². The van der Waals surface area contributed by atoms with Gasteiger partial charge < -0.3 is 10.1 Å². The average molecular weight is 222 g/mol. The second kappa shape index (κ2) is 6.09. The molecule has 0 aliphatic carbocycles. The number of rotatable bonds is 5. The van der Waals surface area contributed by atoms with Crippen LogP contribution >= 0.6 is 0 Å². The summed E-state index contributed by atoms with van der Waals surface area (Å²) >= 11 is 0. The van der Waals surface area contributed by atoms with Crippen LogP contribution in [0.4, 0.5) is 4.39 Å². The normalized spacial score (nSPS) is 11.9. The second-order valence-corrected chi connectivity index (χ2v) is 3.41. The molecule has 0 radical (unpaired) electrons. The minimum atomic E-state index is -0.316. The molecule has 1 rings (SSSR count). The summed E-state index contributed by atoms with van der Waals surface area (Å²) in [7, 11) is 0. The first-order valence-electron chi connectivity index (χ1n) is 5.21. The van der Waals surface area contributed by atoms with Gasteiger partial charge in [0.05, 0.1) is 0 Å². The van der Waals surface area contributed by atoms with Gasteiger partial charge in [0, 0.05) is 17.7 Å². The molecule has 0 amide bonds. The molecule has 1 aromatic rings. The summed E-state index contributed by atoms with van der Waals surface area (Å²) < 4.78 is 18.7. The molecule has 86 valence electrons. The Morgan fingerprint density at radius 2 is 2.31 bits per heavy atom. The molecule has 4 heteroatoms. The van der Waals surface area contributed by atoms with Gasteiger partial charge in [0.25, 0.3) is 0 Å². The highest BCUT2D eigenvalue weighted by Gasteiger charge is 2.10. The fourth-order valence-corrected chi connectivity index (χ4v) is 1.48. The van der Waals surface area contributed by atoms with E-state index in [1.54, 1.807) is 12.1 Å². The number of nitriles is 1. The molecular formula is C12H15FN2O. The number of hydrogen-bond donors (Lipinski definition) is 1. The van der Waals surface area contributed by atoms with Crippen LogP contribution in [0.3, 0.4) is 0 Å². The Morgan fingerprint density at radius 3 is 2.88 bits per heavy atom. The quantitative estimate of drug-likeness (QED) is 0.832. The highest BCUT2D eigenvalue weighted by atomic mass is 19.1. The van der Waals surface area contributed by atoms with Crippen molar-refractivity contribution in [3.8, 4) is 11.8 Å². The molecule has 1 unspecified atom stereocenters. The minimum Gasteiger partial charge on any atom is -0.479 e. The Kier molecular flexibility index (Phi) is 4.74. The largest absolute Gasteiger partial charge is 0.479 e. The van der Waals surface area contributed by atoms with Crippen LogP contribution in [-0.4, -0.2) is 13.2 Å². The number of ether oxygens (including phenoxy) is 1. The zero-order chi connectivity index (χ0) is 12.0. The van der Waals surface area contributed by atoms with E-state index in [1.165, 1.54) is 6.07 Å². The summed E-state index contributed by atoms with van der Waals surface area (Å²) in [6.45, 7) is 4.59. The van der Waals surface area contributed by atoms with E-state index in [-0.39, 0.29) is 18.5 Å². The molecule has 16 heavy (non-hydrogen) atoms. The van der Waals surface area contributed by atoms with Gasteiger partial charge in [-0.05, 0) is 19.5 Å². The highest BCUT2D eigenvalue weighted by molar-refractivity contribution is 5.30. The second-order valence-electron chi connectivity index (χ2n) is 3.41. The van der Waals surface area contributed by atoms with Gasteiger partial charge in [-0.2, -0.15) is 5.26 Å². The Hall–Kier alpha value is -1.60. The molecule has 1 N–H and O–H groups in total. The number of benzene rings is 1. The SMILES string of the molecule is CCNC(C)c1ccc(OCC#N)cc1F. The van der Waals surface area contributed by atoms with E-state index in [9.17, 15) is 4.39 Å². The summed E-state index contributed by atoms with van der Waals surface area (Å²) in [6.07, 6.45) is 0. The van der Waals surface area contributed by atoms with Crippen LogP contribution in [0.25, 0.3) is 0 Å². The number of nitrogens with one attached hydrogen (secondary N) is 1. The predicted molar refractivity (Wildman–Crippen MR) is 59.6 cm³/mol. The van der Waals surface area contributed by atoms with Gasteiger partial charge in [-0.1, -0.05) is 13.0 Å². The number of hydrogen-bond acceptors (Lipinski definition) is 3. The van der Waals surface area contributed by atoms with Crippen molar-refractivity contribution in [3.63, 3.8) is 0 Å². The Balaban J connectivity index is 2.79. The summed E-state index contributed by atoms with van der Waals surface area (Å²) in [5.41, 5.74) is 0.603. The molecule has 1 atom stereocenters. The minimum absolute atomic E-state index is 0.0324. The lowest BCUT2D eigenvalue weighted by molar-refractivity contribution is 0.365. The van der Waals surface area contributed by atoms with Crippen molar-refractivity contribution in [1.29, 1.82) is 5.26 Å². The van der Waals surface area contributed by atoms with Crippen molar-refractivity contribution < 1.29 is 9.13 Å². The molecule has 3 nitrogen and oxygen atoms in total. The van der Waals surface area contributed by atoms with Crippen LogP contribution in [0.1, 0.15) is 25.5 Å². The monoisotopic (exact) mass is 222 g/mol. The van der Waals surface area contributed by atoms with E-state index in [1.807, 2.05) is 19.9 Å². The van der Waals surface area contributed by atoms with Gasteiger partial charge in [-0.15, -0.1) is 0 Å². The molecule has 0 saturated carbocycles. The van der Waals surface area contributed by atoms with Gasteiger partial charge in [-0.25, -0.2) is 4.39 Å². The number of halogens is 1. The van der Waals surface area contributed by atoms with Gasteiger partial charge in [0.15, 0.2) is 6.61 Å². The highest BCUT2D eigenvalue weighted by Crippen LogP contribution is 2.21. The first-order chi connectivity index (χ1) is 7.69. The van der Waals surface area contributed by atoms with Crippen LogP contribution in [-0.2, 0) is 0 Å². The van der Waals surface area contributed by atoms with Gasteiger partial charge >= 0.3 is 0 Å². The maximum absolute atomic E-state index is 13.6. The molecule has 0 heterocycles. The molecule has 0 bridgehead atoms. The van der Waals surface area contributed by atoms with Crippen LogP contribution in [0.2, 0.25) is 0 Å². The molecule has 0 spiro atoms. The zero-order valence-corrected chi connectivity index (χ0v) is 9.46. The third-order valence-electron chi connectivity index (χ3n) is 2.25. The zero-order valence-electron chi connectivity index (χ0n) is 9.46. The van der Waals surface area contributed by atoms with Crippen LogP contribution in [0.5, 0.6) is 5.75 Å². The Bertz CT molecular complexity index is 387. The van der Waals surface area contributed by atoms with Crippen LogP contribution in [0.15, 0.2) is 18.2 Å². The first kappa shape index (κ1) is 12.5. The lowest BCUT2D eigenvalue weighted by atomic mass is 10.1. The van der Waals surface area contributed by atoms with Gasteiger partial charge in [0.1, 0.15) is 17.6 Å². The van der Waals surface area contributed by atoms with Crippen LogP contribution < -0.4 is 10.1 Å². The maximum atomic E-state index is 13.6. The van der Waals surface area contributed by atoms with Crippen LogP contribution in [0, 0.1) is 17.1 Å². The summed E-state index contributed by atoms with van der Waals surface area (Å²) in [4.78, 5) is 0. The van der Waals surface area contributed by atoms with Gasteiger partial charge in [-0.3, -0.25) is 0 Å². The smallest absolute Gasteiger partial charge is 0.174 e. The molecule has 0 fully saturated rings. The van der Waals surface area contributed by atoms with Crippen molar-refractivity contribution in [2.24, 2.45) is 0 Å². The first-order valence-corrected chi connectivity index (χ1v) is 5.21. The fraction of sp³-hybridized carbons (Fsp3) is 0.417. The average Bonchev–Trinajstić information content (AvgIpc) is 2.26. The molecule has 0 aliphatic heterocycles. The van der Waals surface area contributed by atoms with Crippen molar-refractivity contribution in [2.45, 2.75) is 19.9 Å². The standard InChI is InChI=1S/C12H15FN2O/c1-3-15-9(2)11-5-4-10(8-12(11)13)16-7-6-14/h4-5,8-9,15H,3,7H2,1-2H3. The molecule has 1 aromatic carbocycles. The lowest BCUT2D eigenvalue weighted by Crippen LogP contribution is -2.18. The van der Waals surface area contributed by atoms with Crippen molar-refractivity contribution in [2.75, 3.05) is 13.2 Å². The summed E-state index contributed by atoms with van der Waals surface area (Å²) in [5, 5.41) is 11.5. The van der Waals surface area contributed by atoms with Crippen molar-refractivity contribution >= 4 is 0 Å². The molecule has 0 saturated heterocycles. The fourth-order valence-electron chi connectivity index (χ4n) is 1.48. The Morgan fingerprint density at radius 1 is 1.56 bits per heavy atom. The number of nitrogens with zero attached hydrogens (tertiary/aromatic N) is 1. The molecule has 0 aliphatic rings. The topological polar surface area (TPSA) is 45.0 Å². The van der Waals surface area contributed by atoms with E-state index in [4.69, 9.17) is 10.00 Å². The van der Waals surface area contributed by atoms with Crippen molar-refractivity contribution in [3.05, 3.63) is 29.6 Å². The third kappa shape index (κ3) is 3.21. The van der Waals surface area contributed by atoms with E-state index < -0.39 is 0 Å². The summed E-state index contributed by atoms with van der Waals surface area (Å²) in [6, 6.07) is 6.46. The van der Waals surface area contributed by atoms with Crippen molar-refractivity contribution in [1.82, 2.24) is 5.32 Å².